The lowest BCUT2D eigenvalue weighted by molar-refractivity contribution is -0.138. The van der Waals surface area contributed by atoms with Crippen LogP contribution in [-0.4, -0.2) is 53.8 Å². The van der Waals surface area contributed by atoms with Crippen LogP contribution in [0.3, 0.4) is 0 Å². The summed E-state index contributed by atoms with van der Waals surface area (Å²) in [7, 11) is 0. The number of halogens is 4. The monoisotopic (exact) mass is 467 g/mol. The van der Waals surface area contributed by atoms with E-state index in [0.717, 1.165) is 17.6 Å². The molecule has 2 aromatic heterocycles. The summed E-state index contributed by atoms with van der Waals surface area (Å²) in [5.41, 5.74) is 2.09. The zero-order valence-corrected chi connectivity index (χ0v) is 18.2. The third-order valence-electron chi connectivity index (χ3n) is 5.77. The molecule has 33 heavy (non-hydrogen) atoms. The number of aromatic nitrogens is 3. The van der Waals surface area contributed by atoms with Gasteiger partial charge in [0.25, 0.3) is 0 Å². The van der Waals surface area contributed by atoms with E-state index in [1.165, 1.54) is 13.0 Å². The Kier molecular flexibility index (Phi) is 7.11. The molecule has 1 aromatic carbocycles. The number of nitrogens with one attached hydrogen (secondary N) is 1. The molecule has 1 saturated heterocycles. The predicted octanol–water partition coefficient (Wildman–Crippen LogP) is 3.47. The average Bonchev–Trinajstić information content (AvgIpc) is 3.14. The molecule has 4 rings (SSSR count). The molecule has 0 bridgehead atoms. The van der Waals surface area contributed by atoms with E-state index in [1.54, 1.807) is 12.3 Å². The van der Waals surface area contributed by atoms with Gasteiger partial charge in [-0.3, -0.25) is 4.40 Å². The van der Waals surface area contributed by atoms with Gasteiger partial charge in [0.05, 0.1) is 42.6 Å². The second kappa shape index (κ2) is 10.0. The van der Waals surface area contributed by atoms with Gasteiger partial charge in [0.1, 0.15) is 12.4 Å². The van der Waals surface area contributed by atoms with E-state index in [4.69, 9.17) is 4.74 Å². The molecule has 1 fully saturated rings. The Bertz CT molecular complexity index is 1100. The largest absolute Gasteiger partial charge is 0.416 e. The van der Waals surface area contributed by atoms with Crippen LogP contribution in [-0.2, 0) is 28.8 Å². The fourth-order valence-corrected chi connectivity index (χ4v) is 4.01. The number of benzene rings is 1. The molecule has 0 unspecified atom stereocenters. The van der Waals surface area contributed by atoms with E-state index in [-0.39, 0.29) is 25.1 Å². The van der Waals surface area contributed by atoms with Gasteiger partial charge in [-0.05, 0) is 28.6 Å². The second-order valence-electron chi connectivity index (χ2n) is 7.83. The highest BCUT2D eigenvalue weighted by atomic mass is 19.4. The van der Waals surface area contributed by atoms with Crippen LogP contribution in [0, 0.1) is 6.92 Å². The molecule has 11 heteroatoms. The lowest BCUT2D eigenvalue weighted by Gasteiger charge is -2.27. The summed E-state index contributed by atoms with van der Waals surface area (Å²) in [6.45, 7) is 4.56. The van der Waals surface area contributed by atoms with Crippen molar-refractivity contribution < 1.29 is 27.4 Å². The van der Waals surface area contributed by atoms with Crippen LogP contribution in [0.25, 0.3) is 5.65 Å². The highest BCUT2D eigenvalue weighted by Gasteiger charge is 2.33. The summed E-state index contributed by atoms with van der Waals surface area (Å²) in [5.74, 6) is 0.746. The van der Waals surface area contributed by atoms with Crippen LogP contribution in [0.1, 0.15) is 28.1 Å². The van der Waals surface area contributed by atoms with Crippen molar-refractivity contribution in [2.45, 2.75) is 26.1 Å². The van der Waals surface area contributed by atoms with Gasteiger partial charge >= 0.3 is 6.18 Å². The number of nitrogens with zero attached hydrogens (tertiary/aromatic N) is 4. The Labute approximate surface area is 188 Å². The van der Waals surface area contributed by atoms with Gasteiger partial charge in [-0.2, -0.15) is 18.1 Å². The number of alkyl halides is 3. The topological polar surface area (TPSA) is 63.9 Å². The van der Waals surface area contributed by atoms with Gasteiger partial charge in [0.15, 0.2) is 5.65 Å². The second-order valence-corrected chi connectivity index (χ2v) is 7.83. The number of fused-ring (bicyclic) bond motifs is 1. The zero-order valence-electron chi connectivity index (χ0n) is 18.2. The van der Waals surface area contributed by atoms with E-state index in [1.807, 2.05) is 10.6 Å². The van der Waals surface area contributed by atoms with E-state index in [0.29, 0.717) is 49.8 Å². The lowest BCUT2D eigenvalue weighted by Crippen LogP contribution is -2.36. The van der Waals surface area contributed by atoms with Gasteiger partial charge in [-0.1, -0.05) is 12.1 Å². The molecule has 1 aliphatic heterocycles. The normalized spacial score (nSPS) is 14.9. The molecule has 1 N–H and O–H groups in total. The van der Waals surface area contributed by atoms with Crippen molar-refractivity contribution in [2.24, 2.45) is 0 Å². The van der Waals surface area contributed by atoms with Crippen molar-refractivity contribution in [3.63, 3.8) is 0 Å². The first-order valence-corrected chi connectivity index (χ1v) is 10.7. The molecule has 0 aliphatic carbocycles. The van der Waals surface area contributed by atoms with Gasteiger partial charge in [-0.25, -0.2) is 9.97 Å². The quantitative estimate of drug-likeness (QED) is 0.404. The summed E-state index contributed by atoms with van der Waals surface area (Å²) in [4.78, 5) is 14.8. The Morgan fingerprint density at radius 3 is 2.73 bits per heavy atom. The molecule has 3 heterocycles. The minimum absolute atomic E-state index is 0.113. The van der Waals surface area contributed by atoms with Crippen molar-refractivity contribution in [3.05, 3.63) is 58.7 Å². The van der Waals surface area contributed by atoms with Crippen LogP contribution in [0.4, 0.5) is 23.5 Å². The molecule has 3 aromatic rings. The average molecular weight is 467 g/mol. The van der Waals surface area contributed by atoms with Gasteiger partial charge in [-0.15, -0.1) is 0 Å². The van der Waals surface area contributed by atoms with Crippen LogP contribution in [0.15, 0.2) is 30.6 Å². The summed E-state index contributed by atoms with van der Waals surface area (Å²) >= 11 is 0. The summed E-state index contributed by atoms with van der Waals surface area (Å²) in [6.07, 6.45) is -0.661. The number of rotatable bonds is 8. The van der Waals surface area contributed by atoms with Crippen LogP contribution in [0.2, 0.25) is 0 Å². The molecule has 178 valence electrons. The van der Waals surface area contributed by atoms with E-state index in [9.17, 15) is 17.7 Å². The highest BCUT2D eigenvalue weighted by molar-refractivity contribution is 5.49. The van der Waals surface area contributed by atoms with E-state index < -0.39 is 11.7 Å². The maximum absolute atomic E-state index is 13.4. The highest BCUT2D eigenvalue weighted by Crippen LogP contribution is 2.34. The minimum atomic E-state index is -4.43. The summed E-state index contributed by atoms with van der Waals surface area (Å²) in [6, 6.07) is 4.21. The molecule has 0 amide bonds. The van der Waals surface area contributed by atoms with Crippen molar-refractivity contribution in [3.8, 4) is 0 Å². The maximum atomic E-state index is 13.4. The van der Waals surface area contributed by atoms with Crippen molar-refractivity contribution in [2.75, 3.05) is 44.4 Å². The molecule has 0 radical (unpaired) electrons. The number of hydrogen-bond donors (Lipinski definition) is 1. The number of ether oxygens (including phenoxy) is 1. The Morgan fingerprint density at radius 1 is 1.21 bits per heavy atom. The Hall–Kier alpha value is -2.76. The molecule has 0 saturated carbocycles. The third kappa shape index (κ3) is 5.26. The number of imidazole rings is 1. The van der Waals surface area contributed by atoms with Crippen molar-refractivity contribution >= 4 is 11.5 Å². The minimum Gasteiger partial charge on any atom is -0.378 e. The molecule has 0 spiro atoms. The molecule has 1 aliphatic rings. The molecule has 0 atom stereocenters. The molecular weight excluding hydrogens is 442 g/mol. The van der Waals surface area contributed by atoms with Gasteiger partial charge in [0.2, 0.25) is 0 Å². The Morgan fingerprint density at radius 2 is 2.00 bits per heavy atom. The third-order valence-corrected chi connectivity index (χ3v) is 5.77. The lowest BCUT2D eigenvalue weighted by atomic mass is 9.98. The van der Waals surface area contributed by atoms with Crippen LogP contribution < -0.4 is 10.2 Å². The first-order valence-electron chi connectivity index (χ1n) is 10.7. The molecular formula is C22H25F4N5O2. The van der Waals surface area contributed by atoms with Gasteiger partial charge < -0.3 is 15.0 Å². The fraction of sp³-hybridized carbons (Fsp3) is 0.455. The van der Waals surface area contributed by atoms with E-state index >= 15 is 0 Å². The maximum Gasteiger partial charge on any atom is 0.416 e. The molecule has 7 nitrogen and oxygen atoms in total. The first kappa shape index (κ1) is 23.4. The standard InChI is InChI=1S/C22H25F4N5O2/c1-15-16(3-2-4-17(15)22(23,24)25)11-19-18(12-27-5-8-33-26)29-20-13-28-21(14-31(19)20)30-6-9-32-10-7-30/h2-4,13-14,27H,5-12H2,1H3. The fourth-order valence-electron chi connectivity index (χ4n) is 4.01. The SMILES string of the molecule is Cc1c(Cc2c(CNCCOF)nc3cnc(N4CCOCC4)cn23)cccc1C(F)(F)F. The van der Waals surface area contributed by atoms with Crippen LogP contribution >= 0.6 is 0 Å². The Balaban J connectivity index is 1.73. The van der Waals surface area contributed by atoms with Gasteiger partial charge in [0, 0.05) is 32.6 Å². The van der Waals surface area contributed by atoms with Crippen LogP contribution in [0.5, 0.6) is 0 Å². The summed E-state index contributed by atoms with van der Waals surface area (Å²) < 4.78 is 59.6. The van der Waals surface area contributed by atoms with Crippen molar-refractivity contribution in [1.82, 2.24) is 19.7 Å². The number of anilines is 1. The summed E-state index contributed by atoms with van der Waals surface area (Å²) in [5, 5.41) is 3.05. The predicted molar refractivity (Wildman–Crippen MR) is 114 cm³/mol. The van der Waals surface area contributed by atoms with E-state index in [2.05, 4.69) is 25.1 Å². The number of morpholine rings is 1. The first-order chi connectivity index (χ1) is 15.9. The zero-order chi connectivity index (χ0) is 23.4. The van der Waals surface area contributed by atoms with Crippen molar-refractivity contribution in [1.29, 1.82) is 0 Å². The smallest absolute Gasteiger partial charge is 0.378 e. The number of hydrogen-bond acceptors (Lipinski definition) is 6.